The van der Waals surface area contributed by atoms with Crippen LogP contribution in [0.1, 0.15) is 35.4 Å². The lowest BCUT2D eigenvalue weighted by Crippen LogP contribution is -2.33. The van der Waals surface area contributed by atoms with Crippen molar-refractivity contribution in [3.8, 4) is 6.01 Å². The molecule has 30 heavy (non-hydrogen) atoms. The van der Waals surface area contributed by atoms with Crippen molar-refractivity contribution in [2.75, 3.05) is 31.6 Å². The maximum absolute atomic E-state index is 6.04. The molecule has 1 saturated heterocycles. The Hall–Kier alpha value is -2.73. The maximum atomic E-state index is 6.04. The summed E-state index contributed by atoms with van der Waals surface area (Å²) in [4.78, 5) is 18.7. The Bertz CT molecular complexity index is 1080. The van der Waals surface area contributed by atoms with Gasteiger partial charge in [-0.3, -0.25) is 4.98 Å². The van der Waals surface area contributed by atoms with Crippen LogP contribution in [0.2, 0.25) is 0 Å². The van der Waals surface area contributed by atoms with Crippen LogP contribution in [0.25, 0.3) is 10.8 Å². The van der Waals surface area contributed by atoms with Gasteiger partial charge in [0.15, 0.2) is 0 Å². The highest BCUT2D eigenvalue weighted by Gasteiger charge is 2.25. The molecule has 2 aliphatic rings. The number of ether oxygens (including phenoxy) is 1. The summed E-state index contributed by atoms with van der Waals surface area (Å²) in [7, 11) is 2.16. The van der Waals surface area contributed by atoms with Crippen LogP contribution in [0, 0.1) is 13.8 Å². The Morgan fingerprint density at radius 3 is 2.87 bits per heavy atom. The number of anilines is 1. The number of aryl methyl sites for hydroxylation is 2. The molecule has 6 heteroatoms. The number of rotatable bonds is 4. The normalized spacial score (nSPS) is 19.3. The molecule has 0 bridgehead atoms. The SMILES string of the molecule is Cc1nc(OC[C@@H]2CCCN2C)nc2c1CCN(c1cncc3cccc(C)c13)C2. The van der Waals surface area contributed by atoms with Crippen LogP contribution in [0.15, 0.2) is 30.6 Å². The molecule has 1 atom stereocenters. The van der Waals surface area contributed by atoms with Gasteiger partial charge in [0.25, 0.3) is 0 Å². The molecule has 0 radical (unpaired) electrons. The summed E-state index contributed by atoms with van der Waals surface area (Å²) < 4.78 is 6.04. The third-order valence-corrected chi connectivity index (χ3v) is 6.64. The molecule has 0 unspecified atom stereocenters. The minimum absolute atomic E-state index is 0.464. The van der Waals surface area contributed by atoms with Crippen molar-refractivity contribution in [1.82, 2.24) is 19.9 Å². The van der Waals surface area contributed by atoms with E-state index in [-0.39, 0.29) is 0 Å². The average molecular weight is 404 g/mol. The number of benzene rings is 1. The van der Waals surface area contributed by atoms with Crippen molar-refractivity contribution >= 4 is 16.5 Å². The number of likely N-dealkylation sites (tertiary alicyclic amines) is 1. The first-order chi connectivity index (χ1) is 14.6. The second-order valence-electron chi connectivity index (χ2n) is 8.61. The predicted molar refractivity (Wildman–Crippen MR) is 119 cm³/mol. The summed E-state index contributed by atoms with van der Waals surface area (Å²) in [5, 5.41) is 2.46. The number of fused-ring (bicyclic) bond motifs is 2. The molecule has 3 aromatic rings. The van der Waals surface area contributed by atoms with Crippen molar-refractivity contribution in [3.63, 3.8) is 0 Å². The van der Waals surface area contributed by atoms with E-state index in [0.29, 0.717) is 18.7 Å². The van der Waals surface area contributed by atoms with E-state index in [1.807, 2.05) is 12.4 Å². The molecule has 5 rings (SSSR count). The number of aromatic nitrogens is 3. The molecule has 6 nitrogen and oxygen atoms in total. The van der Waals surface area contributed by atoms with Crippen molar-refractivity contribution < 1.29 is 4.74 Å². The Morgan fingerprint density at radius 2 is 2.03 bits per heavy atom. The van der Waals surface area contributed by atoms with Gasteiger partial charge in [-0.1, -0.05) is 18.2 Å². The van der Waals surface area contributed by atoms with Gasteiger partial charge in [-0.05, 0) is 57.8 Å². The first-order valence-corrected chi connectivity index (χ1v) is 10.9. The summed E-state index contributed by atoms with van der Waals surface area (Å²) in [5.41, 5.74) is 5.85. The molecule has 0 N–H and O–H groups in total. The topological polar surface area (TPSA) is 54.4 Å². The summed E-state index contributed by atoms with van der Waals surface area (Å²) in [5.74, 6) is 0. The van der Waals surface area contributed by atoms with Gasteiger partial charge in [0.2, 0.25) is 0 Å². The molecule has 0 aliphatic carbocycles. The van der Waals surface area contributed by atoms with E-state index < -0.39 is 0 Å². The zero-order valence-electron chi connectivity index (χ0n) is 18.1. The van der Waals surface area contributed by atoms with Crippen LogP contribution in [-0.4, -0.2) is 52.6 Å². The molecule has 1 aromatic carbocycles. The van der Waals surface area contributed by atoms with Crippen LogP contribution in [0.4, 0.5) is 5.69 Å². The maximum Gasteiger partial charge on any atom is 0.316 e. The lowest BCUT2D eigenvalue weighted by molar-refractivity contribution is 0.187. The number of hydrogen-bond donors (Lipinski definition) is 0. The standard InChI is InChI=1S/C24H29N5O/c1-16-6-4-7-18-12-25-13-22(23(16)18)29-11-9-20-17(2)26-24(27-21(20)14-29)30-15-19-8-5-10-28(19)3/h4,6-7,12-13,19H,5,8-11,14-15H2,1-3H3/t19-/m0/s1. The lowest BCUT2D eigenvalue weighted by atomic mass is 10.0. The minimum atomic E-state index is 0.464. The average Bonchev–Trinajstić information content (AvgIpc) is 3.16. The molecule has 1 fully saturated rings. The van der Waals surface area contributed by atoms with E-state index in [1.54, 1.807) is 0 Å². The third-order valence-electron chi connectivity index (χ3n) is 6.64. The Labute approximate surface area is 177 Å². The van der Waals surface area contributed by atoms with Gasteiger partial charge < -0.3 is 14.5 Å². The van der Waals surface area contributed by atoms with Crippen molar-refractivity contribution in [3.05, 3.63) is 53.1 Å². The van der Waals surface area contributed by atoms with Gasteiger partial charge in [0.1, 0.15) is 6.61 Å². The van der Waals surface area contributed by atoms with Gasteiger partial charge in [-0.15, -0.1) is 0 Å². The van der Waals surface area contributed by atoms with Gasteiger partial charge in [-0.25, -0.2) is 4.98 Å². The zero-order chi connectivity index (χ0) is 20.7. The second kappa shape index (κ2) is 7.84. The molecule has 0 amide bonds. The molecule has 4 heterocycles. The van der Waals surface area contributed by atoms with Crippen LogP contribution >= 0.6 is 0 Å². The van der Waals surface area contributed by atoms with Gasteiger partial charge in [0, 0.05) is 35.2 Å². The highest BCUT2D eigenvalue weighted by Crippen LogP contribution is 2.32. The first-order valence-electron chi connectivity index (χ1n) is 10.9. The molecular formula is C24H29N5O. The molecule has 2 aromatic heterocycles. The highest BCUT2D eigenvalue weighted by atomic mass is 16.5. The molecule has 0 spiro atoms. The quantitative estimate of drug-likeness (QED) is 0.662. The highest BCUT2D eigenvalue weighted by molar-refractivity contribution is 5.96. The Morgan fingerprint density at radius 1 is 1.13 bits per heavy atom. The summed E-state index contributed by atoms with van der Waals surface area (Å²) in [6.07, 6.45) is 7.29. The van der Waals surface area contributed by atoms with Crippen LogP contribution in [0.3, 0.4) is 0 Å². The van der Waals surface area contributed by atoms with Gasteiger partial charge in [0.05, 0.1) is 24.1 Å². The Balaban J connectivity index is 1.41. The number of likely N-dealkylation sites (N-methyl/N-ethyl adjacent to an activating group) is 1. The fraction of sp³-hybridized carbons (Fsp3) is 0.458. The van der Waals surface area contributed by atoms with E-state index in [0.717, 1.165) is 37.4 Å². The zero-order valence-corrected chi connectivity index (χ0v) is 18.1. The van der Waals surface area contributed by atoms with Crippen molar-refractivity contribution in [1.29, 1.82) is 0 Å². The number of pyridine rings is 1. The van der Waals surface area contributed by atoms with E-state index in [4.69, 9.17) is 9.72 Å². The minimum Gasteiger partial charge on any atom is -0.462 e. The van der Waals surface area contributed by atoms with Crippen LogP contribution < -0.4 is 9.64 Å². The van der Waals surface area contributed by atoms with E-state index in [2.05, 4.69) is 58.9 Å². The van der Waals surface area contributed by atoms with Crippen molar-refractivity contribution in [2.45, 2.75) is 45.7 Å². The van der Waals surface area contributed by atoms with E-state index >= 15 is 0 Å². The van der Waals surface area contributed by atoms with Crippen LogP contribution in [-0.2, 0) is 13.0 Å². The lowest BCUT2D eigenvalue weighted by Gasteiger charge is -2.31. The van der Waals surface area contributed by atoms with E-state index in [9.17, 15) is 0 Å². The summed E-state index contributed by atoms with van der Waals surface area (Å²) >= 11 is 0. The third kappa shape index (κ3) is 3.49. The first kappa shape index (κ1) is 19.2. The number of hydrogen-bond acceptors (Lipinski definition) is 6. The number of nitrogens with zero attached hydrogens (tertiary/aromatic N) is 5. The Kier molecular flexibility index (Phi) is 5.03. The predicted octanol–water partition coefficient (Wildman–Crippen LogP) is 3.68. The summed E-state index contributed by atoms with van der Waals surface area (Å²) in [6.45, 7) is 7.75. The largest absolute Gasteiger partial charge is 0.462 e. The van der Waals surface area contributed by atoms with Gasteiger partial charge in [-0.2, -0.15) is 4.98 Å². The van der Waals surface area contributed by atoms with E-state index in [1.165, 1.54) is 40.4 Å². The van der Waals surface area contributed by atoms with Crippen LogP contribution in [0.5, 0.6) is 6.01 Å². The molecule has 156 valence electrons. The fourth-order valence-corrected chi connectivity index (χ4v) is 4.86. The molecular weight excluding hydrogens is 374 g/mol. The summed E-state index contributed by atoms with van der Waals surface area (Å²) in [6, 6.07) is 7.38. The van der Waals surface area contributed by atoms with Crippen molar-refractivity contribution in [2.24, 2.45) is 0 Å². The van der Waals surface area contributed by atoms with Gasteiger partial charge >= 0.3 is 6.01 Å². The second-order valence-corrected chi connectivity index (χ2v) is 8.61. The molecule has 0 saturated carbocycles. The molecule has 2 aliphatic heterocycles. The monoisotopic (exact) mass is 403 g/mol. The smallest absolute Gasteiger partial charge is 0.316 e. The fourth-order valence-electron chi connectivity index (χ4n) is 4.86.